The highest BCUT2D eigenvalue weighted by Gasteiger charge is 2.19. The van der Waals surface area contributed by atoms with Crippen molar-refractivity contribution in [2.24, 2.45) is 0 Å². The Kier molecular flexibility index (Phi) is 53.9. The summed E-state index contributed by atoms with van der Waals surface area (Å²) < 4.78 is 16.8. The van der Waals surface area contributed by atoms with Gasteiger partial charge >= 0.3 is 17.9 Å². The largest absolute Gasteiger partial charge is 0.462 e. The van der Waals surface area contributed by atoms with Crippen LogP contribution in [-0.4, -0.2) is 37.2 Å². The van der Waals surface area contributed by atoms with Crippen molar-refractivity contribution in [3.05, 3.63) is 97.2 Å². The van der Waals surface area contributed by atoms with E-state index in [1.807, 2.05) is 0 Å². The molecule has 0 aromatic rings. The number of unbranched alkanes of at least 4 members (excludes halogenated alkanes) is 24. The fourth-order valence-electron chi connectivity index (χ4n) is 7.74. The molecule has 0 aliphatic heterocycles. The number of ether oxygens (including phenoxy) is 3. The van der Waals surface area contributed by atoms with E-state index in [2.05, 4.69) is 118 Å². The van der Waals surface area contributed by atoms with Crippen molar-refractivity contribution in [2.45, 2.75) is 271 Å². The summed E-state index contributed by atoms with van der Waals surface area (Å²) in [4.78, 5) is 38.2. The lowest BCUT2D eigenvalue weighted by Crippen LogP contribution is -2.30. The molecule has 0 amide bonds. The molecule has 0 unspecified atom stereocenters. The fourth-order valence-corrected chi connectivity index (χ4v) is 7.74. The first kappa shape index (κ1) is 65.3. The average molecular weight is 960 g/mol. The molecule has 6 heteroatoms. The Balaban J connectivity index is 4.49. The topological polar surface area (TPSA) is 78.9 Å². The molecule has 69 heavy (non-hydrogen) atoms. The number of carbonyl (C=O) groups is 3. The zero-order chi connectivity index (χ0) is 50.0. The van der Waals surface area contributed by atoms with E-state index in [0.29, 0.717) is 19.3 Å². The van der Waals surface area contributed by atoms with E-state index in [1.54, 1.807) is 0 Å². The fraction of sp³-hybridized carbons (Fsp3) is 0.698. The van der Waals surface area contributed by atoms with Crippen LogP contribution in [0.1, 0.15) is 265 Å². The zero-order valence-corrected chi connectivity index (χ0v) is 45.0. The van der Waals surface area contributed by atoms with Gasteiger partial charge in [-0.1, -0.05) is 227 Å². The van der Waals surface area contributed by atoms with Crippen LogP contribution in [0.25, 0.3) is 0 Å². The van der Waals surface area contributed by atoms with Crippen LogP contribution in [0, 0.1) is 0 Å². The van der Waals surface area contributed by atoms with Crippen molar-refractivity contribution in [3.63, 3.8) is 0 Å². The van der Waals surface area contributed by atoms with Crippen LogP contribution < -0.4 is 0 Å². The van der Waals surface area contributed by atoms with Gasteiger partial charge < -0.3 is 14.2 Å². The van der Waals surface area contributed by atoms with Crippen molar-refractivity contribution in [1.82, 2.24) is 0 Å². The number of rotatable bonds is 51. The smallest absolute Gasteiger partial charge is 0.306 e. The lowest BCUT2D eigenvalue weighted by atomic mass is 10.1. The van der Waals surface area contributed by atoms with E-state index in [9.17, 15) is 14.4 Å². The quantitative estimate of drug-likeness (QED) is 0.0262. The van der Waals surface area contributed by atoms with Crippen LogP contribution in [0.5, 0.6) is 0 Å². The van der Waals surface area contributed by atoms with Crippen molar-refractivity contribution in [3.8, 4) is 0 Å². The van der Waals surface area contributed by atoms with Gasteiger partial charge in [-0.3, -0.25) is 14.4 Å². The van der Waals surface area contributed by atoms with Gasteiger partial charge in [0.2, 0.25) is 0 Å². The molecule has 394 valence electrons. The maximum atomic E-state index is 12.9. The molecule has 0 bridgehead atoms. The van der Waals surface area contributed by atoms with Gasteiger partial charge in [0, 0.05) is 19.3 Å². The molecule has 0 radical (unpaired) electrons. The molecule has 0 heterocycles. The summed E-state index contributed by atoms with van der Waals surface area (Å²) in [7, 11) is 0. The van der Waals surface area contributed by atoms with E-state index in [1.165, 1.54) is 128 Å². The number of allylic oxidation sites excluding steroid dienone is 16. The lowest BCUT2D eigenvalue weighted by molar-refractivity contribution is -0.167. The van der Waals surface area contributed by atoms with E-state index >= 15 is 0 Å². The molecule has 1 atom stereocenters. The van der Waals surface area contributed by atoms with Gasteiger partial charge in [0.25, 0.3) is 0 Å². The minimum Gasteiger partial charge on any atom is -0.462 e. The van der Waals surface area contributed by atoms with Gasteiger partial charge in [0.15, 0.2) is 6.10 Å². The molecular weight excluding hydrogens is 853 g/mol. The summed E-state index contributed by atoms with van der Waals surface area (Å²) in [6.45, 7) is 6.45. The van der Waals surface area contributed by atoms with Crippen molar-refractivity contribution < 1.29 is 28.6 Å². The predicted molar refractivity (Wildman–Crippen MR) is 297 cm³/mol. The second kappa shape index (κ2) is 56.9. The third-order valence-electron chi connectivity index (χ3n) is 12.0. The zero-order valence-electron chi connectivity index (χ0n) is 45.0. The van der Waals surface area contributed by atoms with Crippen molar-refractivity contribution in [1.29, 1.82) is 0 Å². The Labute approximate surface area is 426 Å². The summed E-state index contributed by atoms with van der Waals surface area (Å²) in [5, 5.41) is 0. The van der Waals surface area contributed by atoms with Crippen LogP contribution in [0.15, 0.2) is 97.2 Å². The van der Waals surface area contributed by atoms with Gasteiger partial charge in [0.1, 0.15) is 13.2 Å². The molecule has 0 saturated heterocycles. The molecular formula is C63H106O6. The van der Waals surface area contributed by atoms with Crippen molar-refractivity contribution >= 4 is 17.9 Å². The Bertz CT molecular complexity index is 1380. The summed E-state index contributed by atoms with van der Waals surface area (Å²) in [6, 6.07) is 0. The molecule has 0 aromatic carbocycles. The molecule has 0 rings (SSSR count). The van der Waals surface area contributed by atoms with Crippen LogP contribution in [0.3, 0.4) is 0 Å². The molecule has 6 nitrogen and oxygen atoms in total. The average Bonchev–Trinajstić information content (AvgIpc) is 3.35. The SMILES string of the molecule is CC/C=C\C/C=C\C/C=C\C/C=C\C/C=C\CCCC(=O)OC[C@@H](COC(=O)CCCCCCCCC/C=C\CCCCCCCC)OC(=O)CCCCCCCCC/C=C\C/C=C\CCCCC. The molecule has 0 aliphatic rings. The van der Waals surface area contributed by atoms with Crippen LogP contribution in [-0.2, 0) is 28.6 Å². The number of hydrogen-bond donors (Lipinski definition) is 0. The van der Waals surface area contributed by atoms with E-state index in [-0.39, 0.29) is 37.5 Å². The van der Waals surface area contributed by atoms with E-state index in [0.717, 1.165) is 89.9 Å². The normalized spacial score (nSPS) is 12.8. The Morgan fingerprint density at radius 1 is 0.304 bits per heavy atom. The highest BCUT2D eigenvalue weighted by atomic mass is 16.6. The minimum atomic E-state index is -0.808. The molecule has 0 N–H and O–H groups in total. The molecule has 0 aliphatic carbocycles. The predicted octanol–water partition coefficient (Wildman–Crippen LogP) is 19.3. The highest BCUT2D eigenvalue weighted by Crippen LogP contribution is 2.14. The number of hydrogen-bond acceptors (Lipinski definition) is 6. The summed E-state index contributed by atoms with van der Waals surface area (Å²) >= 11 is 0. The summed E-state index contributed by atoms with van der Waals surface area (Å²) in [6.07, 6.45) is 75.4. The van der Waals surface area contributed by atoms with E-state index in [4.69, 9.17) is 14.2 Å². The number of carbonyl (C=O) groups excluding carboxylic acids is 3. The molecule has 0 saturated carbocycles. The first-order valence-corrected chi connectivity index (χ1v) is 28.7. The maximum absolute atomic E-state index is 12.9. The van der Waals surface area contributed by atoms with Gasteiger partial charge in [-0.15, -0.1) is 0 Å². The molecule has 0 fully saturated rings. The van der Waals surface area contributed by atoms with Gasteiger partial charge in [-0.25, -0.2) is 0 Å². The van der Waals surface area contributed by atoms with Gasteiger partial charge in [-0.05, 0) is 116 Å². The maximum Gasteiger partial charge on any atom is 0.306 e. The standard InChI is InChI=1S/C63H106O6/c1-4-7-10-13-16-19-22-25-28-31-34-37-40-43-46-49-52-55-61(64)67-58-60(69-63(66)57-54-51-48-45-42-39-36-33-30-27-24-21-18-15-12-9-6-3)59-68-62(65)56-53-50-47-44-41-38-35-32-29-26-23-20-17-14-11-8-5-2/h7,10,16,18-19,21,25-30,34,37,43,46,60H,4-6,8-9,11-15,17,20,22-24,31-33,35-36,38-42,44-45,47-59H2,1-3H3/b10-7-,19-16-,21-18-,28-25-,29-26-,30-27-,37-34-,46-43-/t60-/m0/s1. The first-order valence-electron chi connectivity index (χ1n) is 28.7. The second-order valence-electron chi connectivity index (χ2n) is 18.8. The van der Waals surface area contributed by atoms with Crippen LogP contribution >= 0.6 is 0 Å². The Morgan fingerprint density at radius 3 is 0.986 bits per heavy atom. The molecule has 0 aromatic heterocycles. The second-order valence-corrected chi connectivity index (χ2v) is 18.8. The highest BCUT2D eigenvalue weighted by molar-refractivity contribution is 5.71. The summed E-state index contributed by atoms with van der Waals surface area (Å²) in [5.41, 5.74) is 0. The van der Waals surface area contributed by atoms with E-state index < -0.39 is 6.10 Å². The third-order valence-corrected chi connectivity index (χ3v) is 12.0. The Hall–Kier alpha value is -3.67. The minimum absolute atomic E-state index is 0.101. The van der Waals surface area contributed by atoms with Crippen LogP contribution in [0.2, 0.25) is 0 Å². The monoisotopic (exact) mass is 959 g/mol. The first-order chi connectivity index (χ1) is 34.0. The summed E-state index contributed by atoms with van der Waals surface area (Å²) in [5.74, 6) is -0.971. The van der Waals surface area contributed by atoms with Gasteiger partial charge in [0.05, 0.1) is 0 Å². The van der Waals surface area contributed by atoms with Crippen LogP contribution in [0.4, 0.5) is 0 Å². The number of esters is 3. The molecule has 0 spiro atoms. The lowest BCUT2D eigenvalue weighted by Gasteiger charge is -2.18. The van der Waals surface area contributed by atoms with Gasteiger partial charge in [-0.2, -0.15) is 0 Å². The van der Waals surface area contributed by atoms with Crippen molar-refractivity contribution in [2.75, 3.05) is 13.2 Å². The Morgan fingerprint density at radius 2 is 0.580 bits per heavy atom. The third kappa shape index (κ3) is 55.1.